The molecule has 0 aliphatic rings. The number of benzene rings is 2. The minimum atomic E-state index is -0.250. The molecule has 0 unspecified atom stereocenters. The molecule has 0 fully saturated rings. The predicted octanol–water partition coefficient (Wildman–Crippen LogP) is 2.61. The van der Waals surface area contributed by atoms with Crippen LogP contribution in [0.15, 0.2) is 66.7 Å². The third kappa shape index (κ3) is 3.30. The topological polar surface area (TPSA) is 106 Å². The van der Waals surface area contributed by atoms with Gasteiger partial charge in [-0.05, 0) is 29.8 Å². The van der Waals surface area contributed by atoms with E-state index in [1.807, 2.05) is 30.3 Å². The van der Waals surface area contributed by atoms with Gasteiger partial charge < -0.3 is 16.2 Å². The van der Waals surface area contributed by atoms with Gasteiger partial charge in [-0.3, -0.25) is 4.79 Å². The predicted molar refractivity (Wildman–Crippen MR) is 102 cm³/mol. The average molecular weight is 359 g/mol. The fourth-order valence-electron chi connectivity index (χ4n) is 2.80. The molecule has 4 N–H and O–H groups in total. The highest BCUT2D eigenvalue weighted by molar-refractivity contribution is 5.96. The number of amides is 1. The molecule has 4 aromatic rings. The summed E-state index contributed by atoms with van der Waals surface area (Å²) < 4.78 is 1.44. The van der Waals surface area contributed by atoms with Crippen molar-refractivity contribution in [3.05, 3.63) is 77.9 Å². The molecular formula is C20H17N5O2. The quantitative estimate of drug-likeness (QED) is 0.519. The molecule has 27 heavy (non-hydrogen) atoms. The van der Waals surface area contributed by atoms with Crippen LogP contribution in [-0.2, 0) is 6.54 Å². The number of rotatable bonds is 4. The van der Waals surface area contributed by atoms with Crippen LogP contribution in [0.3, 0.4) is 0 Å². The number of nitrogens with zero attached hydrogens (tertiary/aromatic N) is 3. The molecule has 2 aromatic heterocycles. The maximum absolute atomic E-state index is 12.5. The van der Waals surface area contributed by atoms with Gasteiger partial charge in [0, 0.05) is 12.1 Å². The van der Waals surface area contributed by atoms with E-state index in [-0.39, 0.29) is 17.5 Å². The van der Waals surface area contributed by atoms with Gasteiger partial charge in [-0.15, -0.1) is 5.10 Å². The summed E-state index contributed by atoms with van der Waals surface area (Å²) in [6, 6.07) is 19.6. The Morgan fingerprint density at radius 3 is 2.59 bits per heavy atom. The normalized spacial score (nSPS) is 10.8. The maximum Gasteiger partial charge on any atom is 0.251 e. The van der Waals surface area contributed by atoms with Gasteiger partial charge in [0.15, 0.2) is 11.5 Å². The number of aromatic nitrogens is 3. The molecule has 0 atom stereocenters. The molecular weight excluding hydrogens is 342 g/mol. The summed E-state index contributed by atoms with van der Waals surface area (Å²) in [5.41, 5.74) is 8.37. The van der Waals surface area contributed by atoms with Gasteiger partial charge in [0.25, 0.3) is 5.91 Å². The maximum atomic E-state index is 12.5. The highest BCUT2D eigenvalue weighted by Gasteiger charge is 2.15. The monoisotopic (exact) mass is 359 g/mol. The van der Waals surface area contributed by atoms with E-state index >= 15 is 0 Å². The standard InChI is InChI=1S/C20H17N5O2/c21-17-10-14(20(27)22-12-13-6-2-1-3-7-13)11-18-23-19(24-25(17)18)15-8-4-5-9-16(15)26/h1-11,26H,12,21H2,(H,22,27). The van der Waals surface area contributed by atoms with Crippen LogP contribution in [0, 0.1) is 0 Å². The fourth-order valence-corrected chi connectivity index (χ4v) is 2.80. The lowest BCUT2D eigenvalue weighted by Crippen LogP contribution is -2.23. The van der Waals surface area contributed by atoms with Gasteiger partial charge in [-0.25, -0.2) is 4.98 Å². The molecule has 134 valence electrons. The Labute approximate surface area is 155 Å². The molecule has 1 amide bonds. The third-order valence-corrected chi connectivity index (χ3v) is 4.17. The lowest BCUT2D eigenvalue weighted by Gasteiger charge is -2.06. The lowest BCUT2D eigenvalue weighted by atomic mass is 10.2. The molecule has 7 nitrogen and oxygen atoms in total. The van der Waals surface area contributed by atoms with E-state index in [4.69, 9.17) is 5.73 Å². The first-order chi connectivity index (χ1) is 13.1. The van der Waals surface area contributed by atoms with Crippen molar-refractivity contribution in [3.8, 4) is 17.1 Å². The van der Waals surface area contributed by atoms with E-state index < -0.39 is 0 Å². The highest BCUT2D eigenvalue weighted by Crippen LogP contribution is 2.27. The number of para-hydroxylation sites is 1. The highest BCUT2D eigenvalue weighted by atomic mass is 16.3. The van der Waals surface area contributed by atoms with Crippen LogP contribution in [0.5, 0.6) is 5.75 Å². The van der Waals surface area contributed by atoms with Crippen LogP contribution >= 0.6 is 0 Å². The molecule has 0 aliphatic heterocycles. The molecule has 0 saturated carbocycles. The zero-order chi connectivity index (χ0) is 18.8. The van der Waals surface area contributed by atoms with Gasteiger partial charge in [0.05, 0.1) is 5.56 Å². The summed E-state index contributed by atoms with van der Waals surface area (Å²) in [7, 11) is 0. The van der Waals surface area contributed by atoms with Crippen molar-refractivity contribution in [3.63, 3.8) is 0 Å². The van der Waals surface area contributed by atoms with Crippen molar-refractivity contribution in [1.82, 2.24) is 19.9 Å². The van der Waals surface area contributed by atoms with E-state index in [2.05, 4.69) is 15.4 Å². The summed E-state index contributed by atoms with van der Waals surface area (Å²) in [5, 5.41) is 17.2. The van der Waals surface area contributed by atoms with E-state index in [1.165, 1.54) is 4.52 Å². The van der Waals surface area contributed by atoms with E-state index in [0.717, 1.165) is 5.56 Å². The van der Waals surface area contributed by atoms with Crippen LogP contribution in [0.25, 0.3) is 17.0 Å². The van der Waals surface area contributed by atoms with Crippen LogP contribution in [-0.4, -0.2) is 25.6 Å². The number of anilines is 1. The summed E-state index contributed by atoms with van der Waals surface area (Å²) in [4.78, 5) is 16.9. The zero-order valence-electron chi connectivity index (χ0n) is 14.3. The first kappa shape index (κ1) is 16.6. The van der Waals surface area contributed by atoms with Crippen molar-refractivity contribution in [2.75, 3.05) is 5.73 Å². The van der Waals surface area contributed by atoms with Crippen LogP contribution in [0.1, 0.15) is 15.9 Å². The number of carbonyl (C=O) groups is 1. The van der Waals surface area contributed by atoms with Crippen LogP contribution < -0.4 is 11.1 Å². The number of nitrogens with two attached hydrogens (primary N) is 1. The van der Waals surface area contributed by atoms with Crippen molar-refractivity contribution in [1.29, 1.82) is 0 Å². The van der Waals surface area contributed by atoms with Gasteiger partial charge >= 0.3 is 0 Å². The van der Waals surface area contributed by atoms with Crippen molar-refractivity contribution in [2.45, 2.75) is 6.54 Å². The van der Waals surface area contributed by atoms with E-state index in [1.54, 1.807) is 36.4 Å². The average Bonchev–Trinajstić information content (AvgIpc) is 3.12. The third-order valence-electron chi connectivity index (χ3n) is 4.17. The second-order valence-corrected chi connectivity index (χ2v) is 6.06. The molecule has 4 rings (SSSR count). The number of aromatic hydroxyl groups is 1. The summed E-state index contributed by atoms with van der Waals surface area (Å²) in [5.74, 6) is 0.446. The minimum Gasteiger partial charge on any atom is -0.507 e. The first-order valence-electron chi connectivity index (χ1n) is 8.38. The Morgan fingerprint density at radius 1 is 1.07 bits per heavy atom. The number of fused-ring (bicyclic) bond motifs is 1. The number of carbonyl (C=O) groups excluding carboxylic acids is 1. The van der Waals surface area contributed by atoms with E-state index in [9.17, 15) is 9.90 Å². The minimum absolute atomic E-state index is 0.0767. The van der Waals surface area contributed by atoms with Gasteiger partial charge in [-0.1, -0.05) is 42.5 Å². The largest absolute Gasteiger partial charge is 0.507 e. The molecule has 7 heteroatoms. The Balaban J connectivity index is 1.63. The number of phenolic OH excluding ortho intramolecular Hbond substituents is 1. The van der Waals surface area contributed by atoms with Crippen molar-refractivity contribution >= 4 is 17.4 Å². The molecule has 0 spiro atoms. The van der Waals surface area contributed by atoms with Crippen LogP contribution in [0.4, 0.5) is 5.82 Å². The Morgan fingerprint density at radius 2 is 1.81 bits per heavy atom. The SMILES string of the molecule is Nc1cc(C(=O)NCc2ccccc2)cc2nc(-c3ccccc3O)nn12. The Bertz CT molecular complexity index is 1120. The number of phenols is 1. The molecule has 0 aliphatic carbocycles. The first-order valence-corrected chi connectivity index (χ1v) is 8.38. The number of hydrogen-bond acceptors (Lipinski definition) is 5. The molecule has 0 saturated heterocycles. The zero-order valence-corrected chi connectivity index (χ0v) is 14.3. The number of pyridine rings is 1. The van der Waals surface area contributed by atoms with Crippen molar-refractivity contribution in [2.24, 2.45) is 0 Å². The van der Waals surface area contributed by atoms with Crippen molar-refractivity contribution < 1.29 is 9.90 Å². The second-order valence-electron chi connectivity index (χ2n) is 6.06. The van der Waals surface area contributed by atoms with Gasteiger partial charge in [-0.2, -0.15) is 4.52 Å². The van der Waals surface area contributed by atoms with E-state index in [0.29, 0.717) is 29.1 Å². The summed E-state index contributed by atoms with van der Waals surface area (Å²) >= 11 is 0. The second kappa shape index (κ2) is 6.80. The smallest absolute Gasteiger partial charge is 0.251 e. The molecule has 0 bridgehead atoms. The summed E-state index contributed by atoms with van der Waals surface area (Å²) in [6.07, 6.45) is 0. The van der Waals surface area contributed by atoms with Gasteiger partial charge in [0.1, 0.15) is 11.6 Å². The molecule has 0 radical (unpaired) electrons. The molecule has 2 aromatic carbocycles. The summed E-state index contributed by atoms with van der Waals surface area (Å²) in [6.45, 7) is 0.417. The number of nitrogens with one attached hydrogen (secondary N) is 1. The number of hydrogen-bond donors (Lipinski definition) is 3. The lowest BCUT2D eigenvalue weighted by molar-refractivity contribution is 0.0951. The number of nitrogen functional groups attached to an aromatic ring is 1. The fraction of sp³-hybridized carbons (Fsp3) is 0.0500. The Kier molecular flexibility index (Phi) is 4.18. The van der Waals surface area contributed by atoms with Crippen LogP contribution in [0.2, 0.25) is 0 Å². The Hall–Kier alpha value is -3.87. The van der Waals surface area contributed by atoms with Gasteiger partial charge in [0.2, 0.25) is 0 Å². The molecule has 2 heterocycles.